The zero-order chi connectivity index (χ0) is 23.7. The Balaban J connectivity index is 1.32. The van der Waals surface area contributed by atoms with Gasteiger partial charge in [0, 0.05) is 23.7 Å². The van der Waals surface area contributed by atoms with Gasteiger partial charge in [-0.2, -0.15) is 0 Å². The minimum absolute atomic E-state index is 0.0299. The van der Waals surface area contributed by atoms with E-state index in [1.54, 1.807) is 5.57 Å². The third-order valence-corrected chi connectivity index (χ3v) is 7.97. The molecule has 1 aromatic rings. The van der Waals surface area contributed by atoms with E-state index in [0.29, 0.717) is 11.8 Å². The molecular weight excluding hydrogens is 427 g/mol. The summed E-state index contributed by atoms with van der Waals surface area (Å²) in [6.07, 6.45) is 13.0. The average Bonchev–Trinajstić information content (AvgIpc) is 3.45. The van der Waals surface area contributed by atoms with Crippen molar-refractivity contribution in [1.29, 1.82) is 0 Å². The van der Waals surface area contributed by atoms with Gasteiger partial charge in [-0.1, -0.05) is 32.3 Å². The molecule has 1 unspecified atom stereocenters. The minimum Gasteiger partial charge on any atom is -0.352 e. The van der Waals surface area contributed by atoms with Gasteiger partial charge in [0.1, 0.15) is 5.82 Å². The van der Waals surface area contributed by atoms with Crippen LogP contribution in [0.4, 0.5) is 10.1 Å². The lowest BCUT2D eigenvalue weighted by molar-refractivity contribution is -0.124. The Bertz CT molecular complexity index is 1010. The molecule has 5 rings (SSSR count). The van der Waals surface area contributed by atoms with Crippen LogP contribution in [0.3, 0.4) is 0 Å². The van der Waals surface area contributed by atoms with Crippen LogP contribution >= 0.6 is 0 Å². The maximum absolute atomic E-state index is 13.4. The van der Waals surface area contributed by atoms with E-state index < -0.39 is 0 Å². The second kappa shape index (κ2) is 9.95. The molecule has 182 valence electrons. The van der Waals surface area contributed by atoms with Crippen LogP contribution < -0.4 is 21.1 Å². The molecule has 3 N–H and O–H groups in total. The number of carbonyl (C=O) groups excluding carboxylic acids is 1. The number of rotatable bonds is 7. The lowest BCUT2D eigenvalue weighted by Gasteiger charge is -2.32. The standard InChI is InChI=1S/C28H37FN4O/c1-3-6-22(32-28(34)25-7-4-5-14-30-25)15-19-8-9-20-16-26-24(18(2)27(19)20)17-31-33(26)23-12-10-21(29)11-13-23/h10-13,16-19,22,25,30-31H,3-9,14-15H2,1-2H3,(H,32,34)/t18-,19+,22?,25+/m0/s1. The summed E-state index contributed by atoms with van der Waals surface area (Å²) in [5.74, 6) is 0.791. The SMILES string of the molecule is CCCC(C[C@H]1CCC2=C1[C@@H](C)C1=CNN(c3ccc(F)cc3)C1=C2)NC(=O)[C@H]1CCCCN1. The number of hydrogen-bond acceptors (Lipinski definition) is 4. The molecule has 2 aliphatic heterocycles. The number of hydrazine groups is 1. The highest BCUT2D eigenvalue weighted by Crippen LogP contribution is 2.49. The Morgan fingerprint density at radius 2 is 2.06 bits per heavy atom. The summed E-state index contributed by atoms with van der Waals surface area (Å²) in [6, 6.07) is 6.82. The van der Waals surface area contributed by atoms with Crippen molar-refractivity contribution in [3.63, 3.8) is 0 Å². The van der Waals surface area contributed by atoms with Gasteiger partial charge in [-0.25, -0.2) is 4.39 Å². The smallest absolute Gasteiger partial charge is 0.237 e. The predicted octanol–water partition coefficient (Wildman–Crippen LogP) is 5.09. The van der Waals surface area contributed by atoms with Crippen molar-refractivity contribution < 1.29 is 9.18 Å². The molecule has 5 nitrogen and oxygen atoms in total. The van der Waals surface area contributed by atoms with Gasteiger partial charge in [-0.05, 0) is 86.9 Å². The topological polar surface area (TPSA) is 56.4 Å². The highest BCUT2D eigenvalue weighted by atomic mass is 19.1. The molecule has 1 aromatic carbocycles. The van der Waals surface area contributed by atoms with Crippen LogP contribution in [0.5, 0.6) is 0 Å². The third kappa shape index (κ3) is 4.52. The zero-order valence-corrected chi connectivity index (χ0v) is 20.4. The largest absolute Gasteiger partial charge is 0.352 e. The normalized spacial score (nSPS) is 26.9. The maximum Gasteiger partial charge on any atom is 0.237 e. The summed E-state index contributed by atoms with van der Waals surface area (Å²) in [7, 11) is 0. The van der Waals surface area contributed by atoms with Gasteiger partial charge in [-0.3, -0.25) is 9.80 Å². The number of fused-ring (bicyclic) bond motifs is 1. The van der Waals surface area contributed by atoms with Gasteiger partial charge >= 0.3 is 0 Å². The molecule has 4 atom stereocenters. The van der Waals surface area contributed by atoms with Crippen molar-refractivity contribution in [2.24, 2.45) is 11.8 Å². The van der Waals surface area contributed by atoms with E-state index in [0.717, 1.165) is 63.6 Å². The lowest BCUT2D eigenvalue weighted by atomic mass is 9.78. The first-order valence-electron chi connectivity index (χ1n) is 13.1. The second-order valence-corrected chi connectivity index (χ2v) is 10.2. The van der Waals surface area contributed by atoms with Crippen molar-refractivity contribution in [2.45, 2.75) is 77.3 Å². The molecule has 2 aliphatic carbocycles. The molecule has 0 spiro atoms. The van der Waals surface area contributed by atoms with Crippen molar-refractivity contribution in [2.75, 3.05) is 11.6 Å². The van der Waals surface area contributed by atoms with E-state index in [1.807, 2.05) is 12.1 Å². The van der Waals surface area contributed by atoms with E-state index in [9.17, 15) is 9.18 Å². The number of hydrogen-bond donors (Lipinski definition) is 3. The molecule has 6 heteroatoms. The number of anilines is 1. The van der Waals surface area contributed by atoms with Crippen LogP contribution in [-0.4, -0.2) is 24.5 Å². The summed E-state index contributed by atoms with van der Waals surface area (Å²) in [5, 5.41) is 8.84. The summed E-state index contributed by atoms with van der Waals surface area (Å²) in [5.41, 5.74) is 9.76. The highest BCUT2D eigenvalue weighted by molar-refractivity contribution is 5.82. The number of amides is 1. The van der Waals surface area contributed by atoms with Gasteiger partial charge in [0.2, 0.25) is 5.91 Å². The fraction of sp³-hybridized carbons (Fsp3) is 0.536. The van der Waals surface area contributed by atoms with Crippen molar-refractivity contribution in [1.82, 2.24) is 16.1 Å². The monoisotopic (exact) mass is 464 g/mol. The molecular formula is C28H37FN4O. The minimum atomic E-state index is -0.223. The molecule has 34 heavy (non-hydrogen) atoms. The van der Waals surface area contributed by atoms with E-state index in [2.05, 4.69) is 47.2 Å². The van der Waals surface area contributed by atoms with Crippen LogP contribution in [0.15, 0.2) is 59.0 Å². The van der Waals surface area contributed by atoms with Crippen molar-refractivity contribution in [3.8, 4) is 0 Å². The van der Waals surface area contributed by atoms with Crippen molar-refractivity contribution >= 4 is 11.6 Å². The first kappa shape index (κ1) is 23.2. The highest BCUT2D eigenvalue weighted by Gasteiger charge is 2.38. The predicted molar refractivity (Wildman–Crippen MR) is 134 cm³/mol. The molecule has 1 saturated heterocycles. The van der Waals surface area contributed by atoms with Crippen LogP contribution in [0.25, 0.3) is 0 Å². The molecule has 2 heterocycles. The molecule has 0 saturated carbocycles. The number of halogens is 1. The number of carbonyl (C=O) groups is 1. The van der Waals surface area contributed by atoms with Crippen LogP contribution in [0.1, 0.15) is 65.2 Å². The van der Waals surface area contributed by atoms with E-state index in [4.69, 9.17) is 0 Å². The van der Waals surface area contributed by atoms with Crippen molar-refractivity contribution in [3.05, 3.63) is 64.8 Å². The van der Waals surface area contributed by atoms with Gasteiger partial charge in [0.05, 0.1) is 17.4 Å². The van der Waals surface area contributed by atoms with Gasteiger partial charge in [-0.15, -0.1) is 0 Å². The van der Waals surface area contributed by atoms with E-state index >= 15 is 0 Å². The van der Waals surface area contributed by atoms with Crippen LogP contribution in [0.2, 0.25) is 0 Å². The summed E-state index contributed by atoms with van der Waals surface area (Å²) in [4.78, 5) is 12.9. The maximum atomic E-state index is 13.4. The number of nitrogens with zero attached hydrogens (tertiary/aromatic N) is 1. The third-order valence-electron chi connectivity index (χ3n) is 7.97. The average molecular weight is 465 g/mol. The van der Waals surface area contributed by atoms with Crippen LogP contribution in [0, 0.1) is 17.7 Å². The Morgan fingerprint density at radius 3 is 2.79 bits per heavy atom. The lowest BCUT2D eigenvalue weighted by Crippen LogP contribution is -2.50. The number of allylic oxidation sites excluding steroid dienone is 4. The molecule has 4 aliphatic rings. The first-order valence-corrected chi connectivity index (χ1v) is 13.1. The summed E-state index contributed by atoms with van der Waals surface area (Å²) < 4.78 is 13.4. The Hall–Kier alpha value is -2.60. The number of piperidine rings is 1. The number of nitrogens with one attached hydrogen (secondary N) is 3. The fourth-order valence-corrected chi connectivity index (χ4v) is 6.28. The fourth-order valence-electron chi connectivity index (χ4n) is 6.28. The number of benzene rings is 1. The Kier molecular flexibility index (Phi) is 6.77. The Morgan fingerprint density at radius 1 is 1.24 bits per heavy atom. The Labute approximate surface area is 202 Å². The summed E-state index contributed by atoms with van der Waals surface area (Å²) in [6.45, 7) is 5.45. The molecule has 0 bridgehead atoms. The van der Waals surface area contributed by atoms with Gasteiger partial charge in [0.15, 0.2) is 0 Å². The molecule has 1 amide bonds. The van der Waals surface area contributed by atoms with E-state index in [-0.39, 0.29) is 23.8 Å². The second-order valence-electron chi connectivity index (χ2n) is 10.2. The molecule has 0 aromatic heterocycles. The van der Waals surface area contributed by atoms with Gasteiger partial charge in [0.25, 0.3) is 0 Å². The zero-order valence-electron chi connectivity index (χ0n) is 20.4. The first-order chi connectivity index (χ1) is 16.5. The quantitative estimate of drug-likeness (QED) is 0.526. The molecule has 0 radical (unpaired) electrons. The van der Waals surface area contributed by atoms with Gasteiger partial charge < -0.3 is 16.1 Å². The molecule has 1 fully saturated rings. The summed E-state index contributed by atoms with van der Waals surface area (Å²) >= 11 is 0. The van der Waals surface area contributed by atoms with Crippen LogP contribution in [-0.2, 0) is 4.79 Å². The van der Waals surface area contributed by atoms with E-state index in [1.165, 1.54) is 29.0 Å².